The van der Waals surface area contributed by atoms with E-state index in [9.17, 15) is 10.2 Å². The first-order chi connectivity index (χ1) is 8.01. The van der Waals surface area contributed by atoms with Crippen LogP contribution in [0.1, 0.15) is 46.0 Å². The maximum atomic E-state index is 10.6. The molecule has 0 aromatic carbocycles. The van der Waals surface area contributed by atoms with Crippen molar-refractivity contribution in [3.63, 3.8) is 0 Å². The van der Waals surface area contributed by atoms with Gasteiger partial charge in [0.05, 0.1) is 12.2 Å². The average Bonchev–Trinajstić information content (AvgIpc) is 2.57. The van der Waals surface area contributed by atoms with Crippen molar-refractivity contribution in [1.82, 2.24) is 0 Å². The van der Waals surface area contributed by atoms with Gasteiger partial charge in [-0.05, 0) is 43.4 Å². The Hall–Kier alpha value is -0.120. The monoisotopic (exact) mass is 242 g/mol. The third kappa shape index (κ3) is 2.02. The van der Waals surface area contributed by atoms with Gasteiger partial charge < -0.3 is 15.3 Å². The molecule has 0 aromatic heterocycles. The Morgan fingerprint density at radius 1 is 1.12 bits per heavy atom. The lowest BCUT2D eigenvalue weighted by atomic mass is 9.68. The predicted octanol–water partition coefficient (Wildman–Crippen LogP) is 1.55. The molecule has 6 atom stereocenters. The van der Waals surface area contributed by atoms with Gasteiger partial charge in [-0.2, -0.15) is 0 Å². The van der Waals surface area contributed by atoms with E-state index >= 15 is 0 Å². The van der Waals surface area contributed by atoms with Gasteiger partial charge in [-0.3, -0.25) is 0 Å². The lowest BCUT2D eigenvalue weighted by Crippen LogP contribution is -2.47. The van der Waals surface area contributed by atoms with Crippen molar-refractivity contribution in [2.24, 2.45) is 23.2 Å². The number of aliphatic hydroxyl groups excluding tert-OH is 3. The van der Waals surface area contributed by atoms with Crippen molar-refractivity contribution in [2.75, 3.05) is 6.61 Å². The third-order valence-electron chi connectivity index (χ3n) is 5.53. The summed E-state index contributed by atoms with van der Waals surface area (Å²) in [5, 5.41) is 30.0. The fourth-order valence-electron chi connectivity index (χ4n) is 4.33. The first kappa shape index (κ1) is 13.3. The van der Waals surface area contributed by atoms with Crippen LogP contribution in [0, 0.1) is 23.2 Å². The van der Waals surface area contributed by atoms with Crippen LogP contribution < -0.4 is 0 Å². The molecule has 100 valence electrons. The summed E-state index contributed by atoms with van der Waals surface area (Å²) in [5.74, 6) is 1.14. The van der Waals surface area contributed by atoms with Crippen molar-refractivity contribution in [1.29, 1.82) is 0 Å². The molecule has 3 N–H and O–H groups in total. The van der Waals surface area contributed by atoms with E-state index in [1.165, 1.54) is 0 Å². The third-order valence-corrected chi connectivity index (χ3v) is 5.53. The molecule has 0 radical (unpaired) electrons. The van der Waals surface area contributed by atoms with E-state index in [0.29, 0.717) is 18.3 Å². The van der Waals surface area contributed by atoms with Crippen LogP contribution in [-0.2, 0) is 0 Å². The molecular formula is C14H26O3. The fraction of sp³-hybridized carbons (Fsp3) is 1.00. The summed E-state index contributed by atoms with van der Waals surface area (Å²) < 4.78 is 0. The fourth-order valence-corrected chi connectivity index (χ4v) is 4.33. The molecule has 2 aliphatic carbocycles. The Labute approximate surface area is 104 Å². The summed E-state index contributed by atoms with van der Waals surface area (Å²) >= 11 is 0. The van der Waals surface area contributed by atoms with E-state index in [0.717, 1.165) is 25.7 Å². The van der Waals surface area contributed by atoms with Crippen molar-refractivity contribution in [3.8, 4) is 0 Å². The Morgan fingerprint density at radius 2 is 1.82 bits per heavy atom. The van der Waals surface area contributed by atoms with Gasteiger partial charge in [0.15, 0.2) is 0 Å². The maximum absolute atomic E-state index is 10.6. The first-order valence-corrected chi connectivity index (χ1v) is 6.98. The van der Waals surface area contributed by atoms with Gasteiger partial charge in [-0.25, -0.2) is 0 Å². The lowest BCUT2D eigenvalue weighted by Gasteiger charge is -2.41. The van der Waals surface area contributed by atoms with Crippen LogP contribution >= 0.6 is 0 Å². The Morgan fingerprint density at radius 3 is 2.47 bits per heavy atom. The number of hydrogen-bond acceptors (Lipinski definition) is 3. The predicted molar refractivity (Wildman–Crippen MR) is 66.4 cm³/mol. The first-order valence-electron chi connectivity index (χ1n) is 6.98. The minimum Gasteiger partial charge on any atom is -0.396 e. The van der Waals surface area contributed by atoms with Crippen LogP contribution in [0.15, 0.2) is 0 Å². The van der Waals surface area contributed by atoms with E-state index in [-0.39, 0.29) is 24.0 Å². The Balaban J connectivity index is 2.27. The smallest absolute Gasteiger partial charge is 0.0650 e. The van der Waals surface area contributed by atoms with Gasteiger partial charge in [0.25, 0.3) is 0 Å². The molecule has 0 amide bonds. The van der Waals surface area contributed by atoms with Crippen LogP contribution in [0.5, 0.6) is 0 Å². The standard InChI is InChI=1S/C14H26O3/c1-9-3-4-10(7-8-15)13(17)14(2)11(9)5-6-12(14)16/h9-13,15-17H,3-8H2,1-2H3/t9-,10-,11+,12-,13+,14-/m0/s1. The molecule has 2 aliphatic rings. The SMILES string of the molecule is C[C@H]1CC[C@@H](CCO)[C@@H](O)[C@@]2(C)[C@@H]1CC[C@@H]2O. The number of rotatable bonds is 2. The van der Waals surface area contributed by atoms with Crippen LogP contribution in [0.25, 0.3) is 0 Å². The van der Waals surface area contributed by atoms with Crippen LogP contribution in [0.2, 0.25) is 0 Å². The molecule has 0 unspecified atom stereocenters. The lowest BCUT2D eigenvalue weighted by molar-refractivity contribution is -0.0920. The highest BCUT2D eigenvalue weighted by Crippen LogP contribution is 2.54. The van der Waals surface area contributed by atoms with E-state index in [1.54, 1.807) is 0 Å². The van der Waals surface area contributed by atoms with E-state index in [4.69, 9.17) is 5.11 Å². The minimum atomic E-state index is -0.470. The minimum absolute atomic E-state index is 0.132. The summed E-state index contributed by atoms with van der Waals surface area (Å²) in [4.78, 5) is 0. The number of aliphatic hydroxyl groups is 3. The zero-order chi connectivity index (χ0) is 12.6. The largest absolute Gasteiger partial charge is 0.396 e. The normalized spacial score (nSPS) is 51.0. The molecule has 17 heavy (non-hydrogen) atoms. The summed E-state index contributed by atoms with van der Waals surface area (Å²) in [6.07, 6.45) is 3.72. The van der Waals surface area contributed by atoms with Crippen molar-refractivity contribution in [2.45, 2.75) is 58.2 Å². The number of hydrogen-bond donors (Lipinski definition) is 3. The highest BCUT2D eigenvalue weighted by atomic mass is 16.3. The van der Waals surface area contributed by atoms with Gasteiger partial charge in [0.1, 0.15) is 0 Å². The van der Waals surface area contributed by atoms with E-state index in [2.05, 4.69) is 6.92 Å². The highest BCUT2D eigenvalue weighted by molar-refractivity contribution is 5.04. The summed E-state index contributed by atoms with van der Waals surface area (Å²) in [5.41, 5.74) is -0.365. The van der Waals surface area contributed by atoms with Crippen LogP contribution in [0.4, 0.5) is 0 Å². The molecule has 2 rings (SSSR count). The quantitative estimate of drug-likeness (QED) is 0.688. The zero-order valence-corrected chi connectivity index (χ0v) is 11.0. The summed E-state index contributed by atoms with van der Waals surface area (Å²) in [6.45, 7) is 4.42. The topological polar surface area (TPSA) is 60.7 Å². The zero-order valence-electron chi connectivity index (χ0n) is 11.0. The molecule has 0 aliphatic heterocycles. The maximum Gasteiger partial charge on any atom is 0.0650 e. The van der Waals surface area contributed by atoms with Crippen molar-refractivity contribution < 1.29 is 15.3 Å². The van der Waals surface area contributed by atoms with Gasteiger partial charge in [0, 0.05) is 12.0 Å². The molecule has 0 aromatic rings. The van der Waals surface area contributed by atoms with Gasteiger partial charge in [-0.15, -0.1) is 0 Å². The van der Waals surface area contributed by atoms with Gasteiger partial charge >= 0.3 is 0 Å². The van der Waals surface area contributed by atoms with Gasteiger partial charge in [0.2, 0.25) is 0 Å². The summed E-state index contributed by atoms with van der Waals surface area (Å²) in [7, 11) is 0. The average molecular weight is 242 g/mol. The van der Waals surface area contributed by atoms with E-state index in [1.807, 2.05) is 6.92 Å². The van der Waals surface area contributed by atoms with Crippen LogP contribution in [0.3, 0.4) is 0 Å². The molecule has 0 heterocycles. The van der Waals surface area contributed by atoms with E-state index < -0.39 is 6.10 Å². The Bertz CT molecular complexity index is 268. The van der Waals surface area contributed by atoms with Crippen LogP contribution in [-0.4, -0.2) is 34.1 Å². The second kappa shape index (κ2) is 4.87. The summed E-state index contributed by atoms with van der Waals surface area (Å²) in [6, 6.07) is 0. The number of fused-ring (bicyclic) bond motifs is 1. The second-order valence-electron chi connectivity index (χ2n) is 6.34. The Kier molecular flexibility index (Phi) is 3.81. The molecular weight excluding hydrogens is 216 g/mol. The second-order valence-corrected chi connectivity index (χ2v) is 6.34. The molecule has 3 heteroatoms. The molecule has 0 bridgehead atoms. The van der Waals surface area contributed by atoms with Gasteiger partial charge in [-0.1, -0.05) is 20.3 Å². The molecule has 0 spiro atoms. The molecule has 2 fully saturated rings. The van der Waals surface area contributed by atoms with Crippen molar-refractivity contribution >= 4 is 0 Å². The molecule has 3 nitrogen and oxygen atoms in total. The molecule has 0 saturated heterocycles. The highest BCUT2D eigenvalue weighted by Gasteiger charge is 2.55. The molecule has 2 saturated carbocycles. The van der Waals surface area contributed by atoms with Crippen molar-refractivity contribution in [3.05, 3.63) is 0 Å².